The molecular weight excluding hydrogens is 378 g/mol. The summed E-state index contributed by atoms with van der Waals surface area (Å²) in [5.74, 6) is 0.162. The molecule has 2 aromatic heterocycles. The van der Waals surface area contributed by atoms with Gasteiger partial charge in [-0.1, -0.05) is 6.92 Å². The van der Waals surface area contributed by atoms with Gasteiger partial charge in [0.2, 0.25) is 5.91 Å². The summed E-state index contributed by atoms with van der Waals surface area (Å²) in [6.07, 6.45) is 3.04. The number of nitrogens with zero attached hydrogens (tertiary/aromatic N) is 2. The predicted molar refractivity (Wildman–Crippen MR) is 106 cm³/mol. The smallest absolute Gasteiger partial charge is 0.323 e. The summed E-state index contributed by atoms with van der Waals surface area (Å²) in [5.41, 5.74) is -0.0286. The SMILES string of the molecule is Cc1ccc(-c2cc(NC(=O)CN3C(=O)NC4(CCC(C)CC4)C3=O)n[nH]2)s1. The van der Waals surface area contributed by atoms with Crippen molar-refractivity contribution in [2.75, 3.05) is 11.9 Å². The van der Waals surface area contributed by atoms with Gasteiger partial charge < -0.3 is 10.6 Å². The minimum absolute atomic E-state index is 0.295. The highest BCUT2D eigenvalue weighted by Gasteiger charge is 2.52. The maximum Gasteiger partial charge on any atom is 0.325 e. The van der Waals surface area contributed by atoms with Crippen LogP contribution in [0, 0.1) is 12.8 Å². The van der Waals surface area contributed by atoms with Gasteiger partial charge in [-0.3, -0.25) is 19.6 Å². The lowest BCUT2D eigenvalue weighted by atomic mass is 9.77. The summed E-state index contributed by atoms with van der Waals surface area (Å²) in [7, 11) is 0. The summed E-state index contributed by atoms with van der Waals surface area (Å²) in [4.78, 5) is 40.7. The van der Waals surface area contributed by atoms with E-state index in [2.05, 4.69) is 27.8 Å². The molecule has 2 aromatic rings. The van der Waals surface area contributed by atoms with Crippen LogP contribution in [0.4, 0.5) is 10.6 Å². The van der Waals surface area contributed by atoms with Crippen LogP contribution in [0.25, 0.3) is 10.6 Å². The van der Waals surface area contributed by atoms with Crippen molar-refractivity contribution >= 4 is 35.0 Å². The zero-order valence-corrected chi connectivity index (χ0v) is 16.7. The Morgan fingerprint density at radius 3 is 2.79 bits per heavy atom. The molecule has 148 valence electrons. The number of rotatable bonds is 4. The fourth-order valence-corrected chi connectivity index (χ4v) is 4.66. The van der Waals surface area contributed by atoms with Gasteiger partial charge in [0.15, 0.2) is 5.82 Å². The first-order valence-corrected chi connectivity index (χ1v) is 10.2. The van der Waals surface area contributed by atoms with Crippen molar-refractivity contribution in [3.8, 4) is 10.6 Å². The van der Waals surface area contributed by atoms with Gasteiger partial charge >= 0.3 is 6.03 Å². The second-order valence-electron chi connectivity index (χ2n) is 7.71. The molecule has 8 nitrogen and oxygen atoms in total. The molecule has 4 rings (SSSR count). The van der Waals surface area contributed by atoms with Crippen LogP contribution in [0.3, 0.4) is 0 Å². The second-order valence-corrected chi connectivity index (χ2v) is 9.00. The first-order chi connectivity index (χ1) is 13.4. The highest BCUT2D eigenvalue weighted by atomic mass is 32.1. The monoisotopic (exact) mass is 401 g/mol. The number of aromatic nitrogens is 2. The van der Waals surface area contributed by atoms with E-state index in [-0.39, 0.29) is 12.5 Å². The Hall–Kier alpha value is -2.68. The number of carbonyl (C=O) groups is 3. The Balaban J connectivity index is 1.39. The molecule has 1 aliphatic heterocycles. The molecule has 0 aromatic carbocycles. The Kier molecular flexibility index (Phi) is 4.70. The van der Waals surface area contributed by atoms with E-state index in [9.17, 15) is 14.4 Å². The third kappa shape index (κ3) is 3.42. The van der Waals surface area contributed by atoms with Crippen molar-refractivity contribution in [1.29, 1.82) is 0 Å². The molecule has 9 heteroatoms. The molecule has 1 saturated carbocycles. The molecule has 0 bridgehead atoms. The fraction of sp³-hybridized carbons (Fsp3) is 0.474. The molecule has 3 heterocycles. The van der Waals surface area contributed by atoms with E-state index in [1.165, 1.54) is 4.88 Å². The Bertz CT molecular complexity index is 926. The zero-order valence-electron chi connectivity index (χ0n) is 15.9. The van der Waals surface area contributed by atoms with Crippen LogP contribution >= 0.6 is 11.3 Å². The maximum atomic E-state index is 12.8. The lowest BCUT2D eigenvalue weighted by Crippen LogP contribution is -2.49. The summed E-state index contributed by atoms with van der Waals surface area (Å²) in [6.45, 7) is 3.85. The van der Waals surface area contributed by atoms with E-state index in [4.69, 9.17) is 0 Å². The second kappa shape index (κ2) is 7.05. The van der Waals surface area contributed by atoms with Gasteiger partial charge in [0.05, 0.1) is 10.6 Å². The van der Waals surface area contributed by atoms with Crippen molar-refractivity contribution in [3.05, 3.63) is 23.1 Å². The number of aromatic amines is 1. The van der Waals surface area contributed by atoms with Gasteiger partial charge in [0, 0.05) is 10.9 Å². The molecule has 0 radical (unpaired) electrons. The highest BCUT2D eigenvalue weighted by molar-refractivity contribution is 7.15. The molecule has 1 saturated heterocycles. The standard InChI is InChI=1S/C19H23N5O3S/c1-11-5-7-19(8-6-11)17(26)24(18(27)21-19)10-16(25)20-15-9-13(22-23-15)14-4-3-12(2)28-14/h3-4,9,11H,5-8,10H2,1-2H3,(H,21,27)(H2,20,22,23,25). The van der Waals surface area contributed by atoms with Gasteiger partial charge in [0.1, 0.15) is 12.1 Å². The first-order valence-electron chi connectivity index (χ1n) is 9.42. The number of urea groups is 1. The Labute approximate surface area is 166 Å². The van der Waals surface area contributed by atoms with Crippen LogP contribution < -0.4 is 10.6 Å². The number of thiophene rings is 1. The molecule has 1 aliphatic carbocycles. The van der Waals surface area contributed by atoms with Crippen molar-refractivity contribution in [2.24, 2.45) is 5.92 Å². The number of aryl methyl sites for hydroxylation is 1. The number of carbonyl (C=O) groups excluding carboxylic acids is 3. The summed E-state index contributed by atoms with van der Waals surface area (Å²) >= 11 is 1.62. The first kappa shape index (κ1) is 18.7. The molecule has 4 amide bonds. The largest absolute Gasteiger partial charge is 0.325 e. The molecule has 28 heavy (non-hydrogen) atoms. The van der Waals surface area contributed by atoms with Crippen LogP contribution in [-0.4, -0.2) is 45.0 Å². The van der Waals surface area contributed by atoms with Crippen LogP contribution in [0.1, 0.15) is 37.5 Å². The van der Waals surface area contributed by atoms with Crippen molar-refractivity contribution in [1.82, 2.24) is 20.4 Å². The van der Waals surface area contributed by atoms with Gasteiger partial charge in [-0.25, -0.2) is 4.79 Å². The quantitative estimate of drug-likeness (QED) is 0.685. The van der Waals surface area contributed by atoms with Gasteiger partial charge in [-0.05, 0) is 50.7 Å². The van der Waals surface area contributed by atoms with Crippen LogP contribution in [0.5, 0.6) is 0 Å². The average Bonchev–Trinajstić information content (AvgIpc) is 3.34. The molecule has 0 unspecified atom stereocenters. The maximum absolute atomic E-state index is 12.8. The highest BCUT2D eigenvalue weighted by Crippen LogP contribution is 2.36. The minimum Gasteiger partial charge on any atom is -0.323 e. The van der Waals surface area contributed by atoms with E-state index in [1.54, 1.807) is 17.4 Å². The number of nitrogens with one attached hydrogen (secondary N) is 3. The molecule has 2 fully saturated rings. The summed E-state index contributed by atoms with van der Waals surface area (Å²) < 4.78 is 0. The van der Waals surface area contributed by atoms with Crippen LogP contribution in [0.15, 0.2) is 18.2 Å². The van der Waals surface area contributed by atoms with Gasteiger partial charge in [-0.2, -0.15) is 5.10 Å². The normalized spacial score (nSPS) is 24.6. The minimum atomic E-state index is -0.833. The van der Waals surface area contributed by atoms with Crippen molar-refractivity contribution in [2.45, 2.75) is 45.1 Å². The molecule has 2 aliphatic rings. The van der Waals surface area contributed by atoms with Gasteiger partial charge in [0.25, 0.3) is 5.91 Å². The molecular formula is C19H23N5O3S. The van der Waals surface area contributed by atoms with Crippen molar-refractivity contribution in [3.63, 3.8) is 0 Å². The predicted octanol–water partition coefficient (Wildman–Crippen LogP) is 2.89. The zero-order chi connectivity index (χ0) is 19.9. The topological polar surface area (TPSA) is 107 Å². The van der Waals surface area contributed by atoms with E-state index >= 15 is 0 Å². The van der Waals surface area contributed by atoms with E-state index in [0.717, 1.165) is 28.3 Å². The number of hydrogen-bond acceptors (Lipinski definition) is 5. The lowest BCUT2D eigenvalue weighted by molar-refractivity contribution is -0.135. The van der Waals surface area contributed by atoms with Crippen LogP contribution in [-0.2, 0) is 9.59 Å². The number of amides is 4. The number of hydrogen-bond donors (Lipinski definition) is 3. The third-order valence-corrected chi connectivity index (χ3v) is 6.56. The molecule has 3 N–H and O–H groups in total. The van der Waals surface area contributed by atoms with E-state index in [0.29, 0.717) is 24.6 Å². The Morgan fingerprint density at radius 2 is 2.11 bits per heavy atom. The molecule has 0 atom stereocenters. The number of imide groups is 1. The van der Waals surface area contributed by atoms with E-state index < -0.39 is 17.5 Å². The summed E-state index contributed by atoms with van der Waals surface area (Å²) in [6, 6.07) is 5.24. The van der Waals surface area contributed by atoms with Crippen LogP contribution in [0.2, 0.25) is 0 Å². The summed E-state index contributed by atoms with van der Waals surface area (Å²) in [5, 5.41) is 12.5. The Morgan fingerprint density at radius 1 is 1.36 bits per heavy atom. The third-order valence-electron chi connectivity index (χ3n) is 5.53. The van der Waals surface area contributed by atoms with Gasteiger partial charge in [-0.15, -0.1) is 11.3 Å². The average molecular weight is 401 g/mol. The fourth-order valence-electron chi connectivity index (χ4n) is 3.83. The number of anilines is 1. The molecule has 1 spiro atoms. The number of H-pyrrole nitrogens is 1. The van der Waals surface area contributed by atoms with E-state index in [1.807, 2.05) is 19.1 Å². The lowest BCUT2D eigenvalue weighted by Gasteiger charge is -2.33. The van der Waals surface area contributed by atoms with Crippen molar-refractivity contribution < 1.29 is 14.4 Å².